The number of phenols is 1. The van der Waals surface area contributed by atoms with E-state index in [2.05, 4.69) is 22.9 Å². The Kier molecular flexibility index (Phi) is 7.62. The lowest BCUT2D eigenvalue weighted by molar-refractivity contribution is 0.117. The number of benzene rings is 2. The molecule has 2 aliphatic heterocycles. The SMILES string of the molecule is CCC/C(=C\c1cc(Br)ccc1O)CC[C@H]1OC[C@H]2C1=C(COc1ccccc1)CS2(=O)=O. The maximum atomic E-state index is 12.7. The van der Waals surface area contributed by atoms with Gasteiger partial charge >= 0.3 is 0 Å². The number of hydrogen-bond acceptors (Lipinski definition) is 5. The van der Waals surface area contributed by atoms with E-state index in [1.165, 1.54) is 5.57 Å². The molecular weight excluding hydrogens is 504 g/mol. The van der Waals surface area contributed by atoms with E-state index in [4.69, 9.17) is 9.47 Å². The van der Waals surface area contributed by atoms with Crippen LogP contribution in [0.1, 0.15) is 38.2 Å². The molecule has 0 aliphatic carbocycles. The minimum atomic E-state index is -3.25. The molecule has 0 aromatic heterocycles. The van der Waals surface area contributed by atoms with Gasteiger partial charge in [0.2, 0.25) is 0 Å². The molecule has 2 aromatic carbocycles. The third-order valence-electron chi connectivity index (χ3n) is 6.16. The van der Waals surface area contributed by atoms with E-state index in [0.717, 1.165) is 46.2 Å². The fraction of sp³-hybridized carbons (Fsp3) is 0.385. The minimum Gasteiger partial charge on any atom is -0.507 e. The number of rotatable bonds is 9. The summed E-state index contributed by atoms with van der Waals surface area (Å²) in [6.45, 7) is 2.61. The van der Waals surface area contributed by atoms with Gasteiger partial charge in [0.05, 0.1) is 18.5 Å². The summed E-state index contributed by atoms with van der Waals surface area (Å²) in [6.07, 6.45) is 5.18. The van der Waals surface area contributed by atoms with Crippen molar-refractivity contribution in [3.05, 3.63) is 75.3 Å². The average Bonchev–Trinajstić information content (AvgIpc) is 3.33. The standard InChI is InChI=1S/C26H29BrO5S/c1-2-6-18(13-19-14-21(27)10-11-23(19)28)9-12-24-26-20(15-31-22-7-4-3-5-8-22)17-33(29,30)25(26)16-32-24/h3-5,7-8,10-11,13-14,24-25,28H,2,6,9,12,15-17H2,1H3/b18-13+/t24-,25+/m1/s1. The first-order valence-electron chi connectivity index (χ1n) is 11.3. The summed E-state index contributed by atoms with van der Waals surface area (Å²) in [5.74, 6) is 1.02. The van der Waals surface area contributed by atoms with E-state index in [0.29, 0.717) is 6.42 Å². The van der Waals surface area contributed by atoms with Crippen molar-refractivity contribution < 1.29 is 23.0 Å². The highest BCUT2D eigenvalue weighted by atomic mass is 79.9. The molecule has 1 N–H and O–H groups in total. The topological polar surface area (TPSA) is 72.8 Å². The molecule has 4 rings (SSSR count). The summed E-state index contributed by atoms with van der Waals surface area (Å²) in [6, 6.07) is 14.8. The Morgan fingerprint density at radius 2 is 2.00 bits per heavy atom. The van der Waals surface area contributed by atoms with Crippen LogP contribution in [0.25, 0.3) is 6.08 Å². The van der Waals surface area contributed by atoms with Crippen molar-refractivity contribution in [1.29, 1.82) is 0 Å². The molecule has 0 saturated carbocycles. The van der Waals surface area contributed by atoms with Crippen LogP contribution in [0.2, 0.25) is 0 Å². The molecule has 0 radical (unpaired) electrons. The Morgan fingerprint density at radius 1 is 1.21 bits per heavy atom. The maximum Gasteiger partial charge on any atom is 0.163 e. The lowest BCUT2D eigenvalue weighted by atomic mass is 9.95. The summed E-state index contributed by atoms with van der Waals surface area (Å²) >= 11 is 3.46. The molecule has 1 fully saturated rings. The van der Waals surface area contributed by atoms with E-state index < -0.39 is 15.1 Å². The molecule has 0 spiro atoms. The third kappa shape index (κ3) is 5.70. The first kappa shape index (κ1) is 24.0. The quantitative estimate of drug-likeness (QED) is 0.420. The minimum absolute atomic E-state index is 0.0449. The van der Waals surface area contributed by atoms with E-state index in [1.54, 1.807) is 6.07 Å². The van der Waals surface area contributed by atoms with Gasteiger partial charge in [0, 0.05) is 10.0 Å². The van der Waals surface area contributed by atoms with Gasteiger partial charge in [0.1, 0.15) is 23.4 Å². The predicted molar refractivity (Wildman–Crippen MR) is 134 cm³/mol. The smallest absolute Gasteiger partial charge is 0.163 e. The van der Waals surface area contributed by atoms with Crippen LogP contribution in [0.4, 0.5) is 0 Å². The van der Waals surface area contributed by atoms with Gasteiger partial charge in [-0.1, -0.05) is 59.1 Å². The van der Waals surface area contributed by atoms with Gasteiger partial charge in [0.15, 0.2) is 9.84 Å². The maximum absolute atomic E-state index is 12.7. The monoisotopic (exact) mass is 532 g/mol. The predicted octanol–water partition coefficient (Wildman–Crippen LogP) is 5.69. The molecule has 5 nitrogen and oxygen atoms in total. The summed E-state index contributed by atoms with van der Waals surface area (Å²) < 4.78 is 38.3. The van der Waals surface area contributed by atoms with Crippen molar-refractivity contribution in [3.8, 4) is 11.5 Å². The van der Waals surface area contributed by atoms with Gasteiger partial charge in [-0.05, 0) is 60.7 Å². The molecule has 0 unspecified atom stereocenters. The van der Waals surface area contributed by atoms with Crippen LogP contribution in [-0.4, -0.2) is 43.8 Å². The molecule has 2 aromatic rings. The van der Waals surface area contributed by atoms with E-state index >= 15 is 0 Å². The lowest BCUT2D eigenvalue weighted by Gasteiger charge is -2.16. The van der Waals surface area contributed by atoms with Crippen LogP contribution in [0, 0.1) is 0 Å². The van der Waals surface area contributed by atoms with E-state index in [9.17, 15) is 13.5 Å². The first-order valence-corrected chi connectivity index (χ1v) is 13.8. The zero-order valence-electron chi connectivity index (χ0n) is 18.7. The summed E-state index contributed by atoms with van der Waals surface area (Å²) in [5, 5.41) is 9.67. The van der Waals surface area contributed by atoms with Gasteiger partial charge in [0.25, 0.3) is 0 Å². The molecule has 0 bridgehead atoms. The van der Waals surface area contributed by atoms with Crippen LogP contribution in [0.15, 0.2) is 69.7 Å². The average molecular weight is 533 g/mol. The van der Waals surface area contributed by atoms with Gasteiger partial charge in [-0.3, -0.25) is 0 Å². The van der Waals surface area contributed by atoms with Gasteiger partial charge in [-0.15, -0.1) is 0 Å². The van der Waals surface area contributed by atoms with Gasteiger partial charge < -0.3 is 14.6 Å². The van der Waals surface area contributed by atoms with Crippen molar-refractivity contribution >= 4 is 31.8 Å². The Labute approximate surface area is 204 Å². The largest absolute Gasteiger partial charge is 0.507 e. The highest BCUT2D eigenvalue weighted by Crippen LogP contribution is 2.39. The van der Waals surface area contributed by atoms with Crippen molar-refractivity contribution in [2.24, 2.45) is 0 Å². The molecule has 2 heterocycles. The van der Waals surface area contributed by atoms with Crippen molar-refractivity contribution in [1.82, 2.24) is 0 Å². The summed E-state index contributed by atoms with van der Waals surface area (Å²) in [4.78, 5) is 0. The summed E-state index contributed by atoms with van der Waals surface area (Å²) in [5.41, 5.74) is 3.71. The highest BCUT2D eigenvalue weighted by Gasteiger charge is 2.46. The molecule has 0 amide bonds. The van der Waals surface area contributed by atoms with Crippen LogP contribution < -0.4 is 4.74 Å². The van der Waals surface area contributed by atoms with E-state index in [-0.39, 0.29) is 30.8 Å². The second kappa shape index (κ2) is 10.5. The highest BCUT2D eigenvalue weighted by molar-refractivity contribution is 9.10. The Bertz CT molecular complexity index is 1150. The van der Waals surface area contributed by atoms with Crippen LogP contribution in [-0.2, 0) is 14.6 Å². The number of phenolic OH excluding ortho intramolecular Hbond substituents is 1. The Hall–Kier alpha value is -2.09. The second-order valence-corrected chi connectivity index (χ2v) is 11.7. The number of hydrogen-bond donors (Lipinski definition) is 1. The first-order chi connectivity index (χ1) is 15.9. The van der Waals surface area contributed by atoms with Gasteiger partial charge in [-0.2, -0.15) is 0 Å². The van der Waals surface area contributed by atoms with Crippen molar-refractivity contribution in [3.63, 3.8) is 0 Å². The second-order valence-electron chi connectivity index (χ2n) is 8.57. The van der Waals surface area contributed by atoms with Crippen LogP contribution >= 0.6 is 15.9 Å². The normalized spacial score (nSPS) is 21.9. The molecule has 1 saturated heterocycles. The molecule has 33 heavy (non-hydrogen) atoms. The number of aromatic hydroxyl groups is 1. The van der Waals surface area contributed by atoms with Gasteiger partial charge in [-0.25, -0.2) is 8.42 Å². The fourth-order valence-corrected chi connectivity index (χ4v) is 6.90. The number of para-hydroxylation sites is 1. The van der Waals surface area contributed by atoms with Crippen molar-refractivity contribution in [2.75, 3.05) is 19.0 Å². The number of fused-ring (bicyclic) bond motifs is 1. The molecule has 2 aliphatic rings. The Morgan fingerprint density at radius 3 is 2.76 bits per heavy atom. The number of allylic oxidation sites excluding steroid dienone is 1. The number of sulfone groups is 1. The molecule has 176 valence electrons. The van der Waals surface area contributed by atoms with Crippen molar-refractivity contribution in [2.45, 2.75) is 44.0 Å². The third-order valence-corrected chi connectivity index (χ3v) is 8.67. The van der Waals surface area contributed by atoms with Crippen LogP contribution in [0.3, 0.4) is 0 Å². The zero-order chi connectivity index (χ0) is 23.4. The lowest BCUT2D eigenvalue weighted by Crippen LogP contribution is -2.19. The zero-order valence-corrected chi connectivity index (χ0v) is 21.1. The number of ether oxygens (including phenoxy) is 2. The molecule has 2 atom stereocenters. The summed E-state index contributed by atoms with van der Waals surface area (Å²) in [7, 11) is -3.25. The fourth-order valence-electron chi connectivity index (χ4n) is 4.59. The molecule has 7 heteroatoms. The van der Waals surface area contributed by atoms with E-state index in [1.807, 2.05) is 48.5 Å². The molecular formula is C26H29BrO5S. The van der Waals surface area contributed by atoms with Crippen LogP contribution in [0.5, 0.6) is 11.5 Å². The Balaban J connectivity index is 1.51. The number of halogens is 1.